The standard InChI is InChI=1S/C45H84Cl2N2O5/c1-10-13-19-25-33-34(52-33)26-21-18-16-14-15-17-20-24-32-27-37(47)49-39-29(5)38(35(22-11-2)53-43(39)28(32)4)45(8,9)30(6)44-40(48-31(7)46)42(51)41(50)36(54-44)23-12-3/h28-44,48-51H,10-27H2,1-9H3. The number of hydrogen-bond donors (Lipinski definition) is 4. The van der Waals surface area contributed by atoms with E-state index in [1.54, 1.807) is 0 Å². The molecule has 4 aliphatic rings. The number of unbranched alkanes of at least 4 members (excludes halogenated alkanes) is 8. The number of aliphatic hydroxyl groups is 2. The minimum absolute atomic E-state index is 0.0431. The number of aliphatic hydroxyl groups excluding tert-OH is 2. The first-order chi connectivity index (χ1) is 25.8. The first-order valence-electron chi connectivity index (χ1n) is 22.9. The Balaban J connectivity index is 1.33. The molecule has 0 amide bonds. The summed E-state index contributed by atoms with van der Waals surface area (Å²) >= 11 is 13.6. The van der Waals surface area contributed by atoms with Crippen molar-refractivity contribution in [3.63, 3.8) is 0 Å². The van der Waals surface area contributed by atoms with E-state index in [1.165, 1.54) is 83.5 Å². The minimum Gasteiger partial charge on any atom is -0.389 e. The summed E-state index contributed by atoms with van der Waals surface area (Å²) in [7, 11) is 0. The minimum atomic E-state index is -0.963. The number of alkyl halides is 2. The number of fused-ring (bicyclic) bond motifs is 1. The predicted octanol–water partition coefficient (Wildman–Crippen LogP) is 10.3. The highest BCUT2D eigenvalue weighted by atomic mass is 35.5. The lowest BCUT2D eigenvalue weighted by Crippen LogP contribution is -2.67. The fourth-order valence-electron chi connectivity index (χ4n) is 11.1. The number of rotatable bonds is 23. The van der Waals surface area contributed by atoms with Gasteiger partial charge in [0.25, 0.3) is 0 Å². The van der Waals surface area contributed by atoms with Crippen LogP contribution in [0.5, 0.6) is 0 Å². The van der Waals surface area contributed by atoms with Crippen molar-refractivity contribution >= 4 is 23.2 Å². The van der Waals surface area contributed by atoms with Gasteiger partial charge in [0.15, 0.2) is 0 Å². The predicted molar refractivity (Wildman–Crippen MR) is 225 cm³/mol. The summed E-state index contributed by atoms with van der Waals surface area (Å²) in [6.45, 7) is 20.4. The van der Waals surface area contributed by atoms with Gasteiger partial charge in [0.2, 0.25) is 0 Å². The van der Waals surface area contributed by atoms with E-state index in [2.05, 4.69) is 66.0 Å². The van der Waals surface area contributed by atoms with Crippen LogP contribution in [0.25, 0.3) is 0 Å². The van der Waals surface area contributed by atoms with Crippen molar-refractivity contribution in [2.75, 3.05) is 0 Å². The van der Waals surface area contributed by atoms with Crippen molar-refractivity contribution in [3.05, 3.63) is 0 Å². The quantitative estimate of drug-likeness (QED) is 0.0354. The second-order valence-electron chi connectivity index (χ2n) is 18.9. The Morgan fingerprint density at radius 3 is 1.87 bits per heavy atom. The van der Waals surface area contributed by atoms with Crippen molar-refractivity contribution in [3.8, 4) is 0 Å². The maximum Gasteiger partial charge on any atom is 0.108 e. The SMILES string of the molecule is CCCCCC1OC1CCCCCCCCCC1CC(Cl)NC2C(C)C(C(C)(C)C(C)C3OC(CCC)C(O)C(O)C3NC(C)Cl)C(CCC)OC2C1C. The van der Waals surface area contributed by atoms with Gasteiger partial charge < -0.3 is 24.4 Å². The van der Waals surface area contributed by atoms with Gasteiger partial charge in [-0.1, -0.05) is 132 Å². The van der Waals surface area contributed by atoms with Crippen molar-refractivity contribution in [2.45, 2.75) is 250 Å². The third-order valence-corrected chi connectivity index (χ3v) is 15.0. The molecule has 0 spiro atoms. The van der Waals surface area contributed by atoms with Crippen LogP contribution >= 0.6 is 23.2 Å². The van der Waals surface area contributed by atoms with E-state index >= 15 is 0 Å². The van der Waals surface area contributed by atoms with E-state index in [9.17, 15) is 10.2 Å². The average molecular weight is 804 g/mol. The van der Waals surface area contributed by atoms with Gasteiger partial charge in [-0.2, -0.15) is 0 Å². The molecule has 4 aliphatic heterocycles. The zero-order valence-corrected chi connectivity index (χ0v) is 37.4. The summed E-state index contributed by atoms with van der Waals surface area (Å²) in [5.41, 5.74) is -0.664. The average Bonchev–Trinajstić information content (AvgIpc) is 3.89. The summed E-state index contributed by atoms with van der Waals surface area (Å²) in [5, 5.41) is 29.7. The van der Waals surface area contributed by atoms with Gasteiger partial charge in [0.1, 0.15) is 12.2 Å². The van der Waals surface area contributed by atoms with Gasteiger partial charge in [-0.15, -0.1) is 23.2 Å². The van der Waals surface area contributed by atoms with Gasteiger partial charge in [-0.25, -0.2) is 0 Å². The summed E-state index contributed by atoms with van der Waals surface area (Å²) in [4.78, 5) is 0. The molecule has 0 saturated carbocycles. The summed E-state index contributed by atoms with van der Waals surface area (Å²) < 4.78 is 20.0. The van der Waals surface area contributed by atoms with Gasteiger partial charge in [-0.05, 0) is 80.5 Å². The Hall–Kier alpha value is 0.300. The molecular formula is C45H84Cl2N2O5. The van der Waals surface area contributed by atoms with Crippen LogP contribution in [0.3, 0.4) is 0 Å². The Morgan fingerprint density at radius 2 is 1.28 bits per heavy atom. The van der Waals surface area contributed by atoms with Crippen LogP contribution in [0, 0.1) is 35.0 Å². The van der Waals surface area contributed by atoms with E-state index < -0.39 is 24.4 Å². The lowest BCUT2D eigenvalue weighted by molar-refractivity contribution is -0.226. The van der Waals surface area contributed by atoms with Crippen molar-refractivity contribution in [1.82, 2.24) is 10.6 Å². The largest absolute Gasteiger partial charge is 0.389 e. The second kappa shape index (κ2) is 22.6. The molecule has 54 heavy (non-hydrogen) atoms. The molecule has 4 heterocycles. The lowest BCUT2D eigenvalue weighted by atomic mass is 9.57. The van der Waals surface area contributed by atoms with Crippen molar-refractivity contribution in [1.29, 1.82) is 0 Å². The van der Waals surface area contributed by atoms with Crippen LogP contribution < -0.4 is 10.6 Å². The van der Waals surface area contributed by atoms with E-state index in [0.29, 0.717) is 36.4 Å². The molecule has 17 unspecified atom stereocenters. The molecule has 0 aromatic rings. The van der Waals surface area contributed by atoms with Crippen LogP contribution in [0.1, 0.15) is 178 Å². The van der Waals surface area contributed by atoms with E-state index in [-0.39, 0.29) is 52.6 Å². The molecule has 4 N–H and O–H groups in total. The van der Waals surface area contributed by atoms with Gasteiger partial charge >= 0.3 is 0 Å². The molecule has 7 nitrogen and oxygen atoms in total. The summed E-state index contributed by atoms with van der Waals surface area (Å²) in [6, 6.07) is -0.319. The molecule has 4 rings (SSSR count). The smallest absolute Gasteiger partial charge is 0.108 e. The molecule has 0 radical (unpaired) electrons. The van der Waals surface area contributed by atoms with Crippen LogP contribution in [0.15, 0.2) is 0 Å². The number of ether oxygens (including phenoxy) is 3. The van der Waals surface area contributed by atoms with Crippen LogP contribution in [-0.2, 0) is 14.2 Å². The molecule has 0 aromatic heterocycles. The number of hydrogen-bond acceptors (Lipinski definition) is 7. The molecule has 0 bridgehead atoms. The van der Waals surface area contributed by atoms with Gasteiger partial charge in [0.05, 0.1) is 53.7 Å². The van der Waals surface area contributed by atoms with Gasteiger partial charge in [0, 0.05) is 6.04 Å². The third kappa shape index (κ3) is 12.4. The fourth-order valence-corrected chi connectivity index (χ4v) is 11.6. The first kappa shape index (κ1) is 47.0. The summed E-state index contributed by atoms with van der Waals surface area (Å²) in [5.74, 6) is 1.57. The molecule has 318 valence electrons. The van der Waals surface area contributed by atoms with Crippen LogP contribution in [-0.4, -0.2) is 82.1 Å². The Bertz CT molecular complexity index is 1050. The monoisotopic (exact) mass is 803 g/mol. The van der Waals surface area contributed by atoms with Crippen LogP contribution in [0.2, 0.25) is 0 Å². The zero-order valence-electron chi connectivity index (χ0n) is 35.9. The number of nitrogens with one attached hydrogen (secondary N) is 2. The Kier molecular flexibility index (Phi) is 19.7. The summed E-state index contributed by atoms with van der Waals surface area (Å²) in [6.07, 6.45) is 20.3. The molecule has 9 heteroatoms. The van der Waals surface area contributed by atoms with Gasteiger partial charge in [-0.3, -0.25) is 10.6 Å². The van der Waals surface area contributed by atoms with E-state index in [1.807, 2.05) is 6.92 Å². The van der Waals surface area contributed by atoms with E-state index in [0.717, 1.165) is 25.7 Å². The van der Waals surface area contributed by atoms with Crippen LogP contribution in [0.4, 0.5) is 0 Å². The number of epoxide rings is 1. The topological polar surface area (TPSA) is 95.5 Å². The molecule has 4 fully saturated rings. The normalized spacial score (nSPS) is 39.8. The Morgan fingerprint density at radius 1 is 0.704 bits per heavy atom. The number of halogens is 2. The molecule has 4 saturated heterocycles. The van der Waals surface area contributed by atoms with Crippen molar-refractivity contribution < 1.29 is 24.4 Å². The first-order valence-corrected chi connectivity index (χ1v) is 23.8. The molecule has 0 aliphatic carbocycles. The maximum absolute atomic E-state index is 11.4. The molecule has 0 aromatic carbocycles. The molecular weight excluding hydrogens is 719 g/mol. The Labute approximate surface area is 341 Å². The second-order valence-corrected chi connectivity index (χ2v) is 20.1. The highest BCUT2D eigenvalue weighted by molar-refractivity contribution is 6.20. The van der Waals surface area contributed by atoms with Crippen molar-refractivity contribution in [2.24, 2.45) is 35.0 Å². The highest BCUT2D eigenvalue weighted by Gasteiger charge is 2.57. The van der Waals surface area contributed by atoms with E-state index in [4.69, 9.17) is 37.4 Å². The fraction of sp³-hybridized carbons (Fsp3) is 1.00. The lowest BCUT2D eigenvalue weighted by Gasteiger charge is -2.57. The maximum atomic E-state index is 11.4. The third-order valence-electron chi connectivity index (χ3n) is 14.6. The zero-order chi connectivity index (χ0) is 39.6. The highest BCUT2D eigenvalue weighted by Crippen LogP contribution is 2.52. The molecule has 17 atom stereocenters.